The Labute approximate surface area is 353 Å². The topological polar surface area (TPSA) is 160 Å². The molecule has 344 valence electrons. The van der Waals surface area contributed by atoms with E-state index in [4.69, 9.17) is 16.7 Å². The Bertz CT molecular complexity index is 2490. The van der Waals surface area contributed by atoms with Crippen LogP contribution in [0.4, 0.5) is 52.7 Å². The summed E-state index contributed by atoms with van der Waals surface area (Å²) in [6.45, 7) is 1.41. The average Bonchev–Trinajstić information content (AvgIpc) is 4.06. The minimum Gasteiger partial charge on any atom is -0.463 e. The molecule has 2 aliphatic carbocycles. The van der Waals surface area contributed by atoms with E-state index in [1.807, 2.05) is 0 Å². The van der Waals surface area contributed by atoms with Crippen LogP contribution in [-0.4, -0.2) is 91.0 Å². The Morgan fingerprint density at radius 1 is 0.635 bits per heavy atom. The SMILES string of the molecule is C.C.C[C@@H](Oc1ncc(-c2cn3c(C(F)(F)Cl)nnc3cn2)cc1F)C(F)(F)F.C[C@@H](Oc1ncc(-c2cn3c(C(F)(F)OC4CC4)nnc3cn2)cc1F)C(F)(F)F.OC1CC1. The van der Waals surface area contributed by atoms with Crippen molar-refractivity contribution in [2.75, 3.05) is 0 Å². The highest BCUT2D eigenvalue weighted by atomic mass is 35.5. The summed E-state index contributed by atoms with van der Waals surface area (Å²) in [5.41, 5.74) is -0.0352. The van der Waals surface area contributed by atoms with Gasteiger partial charge in [0.1, 0.15) is 0 Å². The Kier molecular flexibility index (Phi) is 15.1. The van der Waals surface area contributed by atoms with Gasteiger partial charge in [0.2, 0.25) is 11.6 Å². The molecule has 63 heavy (non-hydrogen) atoms. The van der Waals surface area contributed by atoms with Crippen molar-refractivity contribution in [3.63, 3.8) is 0 Å². The first kappa shape index (κ1) is 50.0. The molecule has 0 aliphatic heterocycles. The molecule has 0 amide bonds. The zero-order valence-electron chi connectivity index (χ0n) is 30.8. The first-order chi connectivity index (χ1) is 28.4. The number of hydrogen-bond donors (Lipinski definition) is 1. The summed E-state index contributed by atoms with van der Waals surface area (Å²) in [4.78, 5) is 14.9. The van der Waals surface area contributed by atoms with Crippen LogP contribution in [0.25, 0.3) is 33.8 Å². The molecule has 0 unspecified atom stereocenters. The number of pyridine rings is 2. The monoisotopic (exact) mass is 934 g/mol. The van der Waals surface area contributed by atoms with Gasteiger partial charge in [-0.15, -0.1) is 20.4 Å². The van der Waals surface area contributed by atoms with Crippen LogP contribution in [0, 0.1) is 11.6 Å². The van der Waals surface area contributed by atoms with Crippen molar-refractivity contribution in [3.05, 3.63) is 72.6 Å². The van der Waals surface area contributed by atoms with Crippen LogP contribution in [0.2, 0.25) is 0 Å². The summed E-state index contributed by atoms with van der Waals surface area (Å²) in [5.74, 6) is -5.72. The van der Waals surface area contributed by atoms with Gasteiger partial charge in [0.25, 0.3) is 11.8 Å². The molecule has 0 saturated heterocycles. The minimum absolute atomic E-state index is 0. The molecular weight excluding hydrogens is 900 g/mol. The normalized spacial score (nSPS) is 15.2. The van der Waals surface area contributed by atoms with E-state index < -0.39 is 77.2 Å². The zero-order chi connectivity index (χ0) is 44.7. The fraction of sp³-hybridized carbons (Fsp3) is 0.444. The highest BCUT2D eigenvalue weighted by Crippen LogP contribution is 2.37. The number of hydrogen-bond acceptors (Lipinski definition) is 12. The number of aromatic nitrogens is 10. The number of aliphatic hydroxyl groups is 1. The molecule has 6 aromatic heterocycles. The number of aliphatic hydroxyl groups excluding tert-OH is 1. The van der Waals surface area contributed by atoms with Gasteiger partial charge in [0, 0.05) is 35.9 Å². The first-order valence-electron chi connectivity index (χ1n) is 17.4. The maximum absolute atomic E-state index is 14.3. The molecule has 0 spiro atoms. The molecule has 2 aliphatic rings. The van der Waals surface area contributed by atoms with Crippen LogP contribution in [0.1, 0.15) is 66.0 Å². The van der Waals surface area contributed by atoms with E-state index in [1.54, 1.807) is 0 Å². The van der Waals surface area contributed by atoms with E-state index in [1.165, 1.54) is 0 Å². The quantitative estimate of drug-likeness (QED) is 0.103. The summed E-state index contributed by atoms with van der Waals surface area (Å²) in [6, 6.07) is 1.64. The lowest BCUT2D eigenvalue weighted by molar-refractivity contribution is -0.261. The Hall–Kier alpha value is -5.63. The molecule has 0 bridgehead atoms. The van der Waals surface area contributed by atoms with Crippen LogP contribution in [-0.2, 0) is 16.2 Å². The van der Waals surface area contributed by atoms with Crippen molar-refractivity contribution >= 4 is 22.9 Å². The smallest absolute Gasteiger partial charge is 0.425 e. The maximum atomic E-state index is 14.3. The molecule has 0 radical (unpaired) electrons. The van der Waals surface area contributed by atoms with Crippen LogP contribution in [0.15, 0.2) is 49.3 Å². The van der Waals surface area contributed by atoms with Gasteiger partial charge in [-0.1, -0.05) is 14.9 Å². The summed E-state index contributed by atoms with van der Waals surface area (Å²) in [5, 5.41) is 18.2. The van der Waals surface area contributed by atoms with Gasteiger partial charge in [-0.3, -0.25) is 18.8 Å². The van der Waals surface area contributed by atoms with Crippen molar-refractivity contribution in [2.45, 2.75) is 103 Å². The Morgan fingerprint density at radius 2 is 1.03 bits per heavy atom. The van der Waals surface area contributed by atoms with E-state index >= 15 is 0 Å². The van der Waals surface area contributed by atoms with E-state index in [-0.39, 0.29) is 54.8 Å². The van der Waals surface area contributed by atoms with Gasteiger partial charge in [-0.2, -0.15) is 43.9 Å². The third kappa shape index (κ3) is 12.5. The van der Waals surface area contributed by atoms with E-state index in [0.717, 1.165) is 71.0 Å². The van der Waals surface area contributed by atoms with Crippen molar-refractivity contribution < 1.29 is 72.0 Å². The summed E-state index contributed by atoms with van der Waals surface area (Å²) in [6.07, 6.45) is -8.58. The summed E-state index contributed by atoms with van der Waals surface area (Å²) in [7, 11) is 0. The zero-order valence-corrected chi connectivity index (χ0v) is 31.6. The Morgan fingerprint density at radius 3 is 1.38 bits per heavy atom. The number of rotatable bonds is 10. The van der Waals surface area contributed by atoms with E-state index in [0.29, 0.717) is 26.7 Å². The first-order valence-corrected chi connectivity index (χ1v) is 17.8. The van der Waals surface area contributed by atoms with Crippen molar-refractivity contribution in [3.8, 4) is 34.3 Å². The molecule has 6 aromatic rings. The molecule has 2 saturated carbocycles. The third-order valence-corrected chi connectivity index (χ3v) is 8.36. The molecule has 1 N–H and O–H groups in total. The van der Waals surface area contributed by atoms with E-state index in [2.05, 4.69) is 54.5 Å². The second-order valence-corrected chi connectivity index (χ2v) is 13.7. The molecule has 0 aromatic carbocycles. The molecule has 6 heterocycles. The molecule has 27 heteroatoms. The highest BCUT2D eigenvalue weighted by molar-refractivity contribution is 6.21. The van der Waals surface area contributed by atoms with Crippen LogP contribution in [0.5, 0.6) is 11.8 Å². The fourth-order valence-electron chi connectivity index (χ4n) is 4.59. The third-order valence-electron chi connectivity index (χ3n) is 8.19. The lowest BCUT2D eigenvalue weighted by atomic mass is 10.2. The van der Waals surface area contributed by atoms with Gasteiger partial charge >= 0.3 is 23.8 Å². The number of halogens is 13. The number of ether oxygens (including phenoxy) is 3. The summed E-state index contributed by atoms with van der Waals surface area (Å²) < 4.78 is 174. The van der Waals surface area contributed by atoms with Gasteiger partial charge in [-0.25, -0.2) is 18.7 Å². The van der Waals surface area contributed by atoms with Crippen molar-refractivity contribution in [1.29, 1.82) is 0 Å². The predicted molar refractivity (Wildman–Crippen MR) is 197 cm³/mol. The fourth-order valence-corrected chi connectivity index (χ4v) is 4.72. The van der Waals surface area contributed by atoms with Crippen molar-refractivity contribution in [1.82, 2.24) is 49.1 Å². The predicted octanol–water partition coefficient (Wildman–Crippen LogP) is 9.24. The van der Waals surface area contributed by atoms with Gasteiger partial charge in [0.15, 0.2) is 35.1 Å². The van der Waals surface area contributed by atoms with Crippen LogP contribution >= 0.6 is 11.6 Å². The van der Waals surface area contributed by atoms with Crippen LogP contribution in [0.3, 0.4) is 0 Å². The second kappa shape index (κ2) is 19.0. The Balaban J connectivity index is 0.000000247. The largest absolute Gasteiger partial charge is 0.463 e. The lowest BCUT2D eigenvalue weighted by Gasteiger charge is -2.17. The number of alkyl halides is 11. The molecule has 2 fully saturated rings. The van der Waals surface area contributed by atoms with Gasteiger partial charge in [0.05, 0.1) is 36.0 Å². The van der Waals surface area contributed by atoms with Gasteiger partial charge in [-0.05, 0) is 63.3 Å². The van der Waals surface area contributed by atoms with Crippen LogP contribution < -0.4 is 9.47 Å². The molecule has 2 atom stereocenters. The second-order valence-electron chi connectivity index (χ2n) is 13.2. The van der Waals surface area contributed by atoms with E-state index in [9.17, 15) is 52.7 Å². The average molecular weight is 935 g/mol. The van der Waals surface area contributed by atoms with Gasteiger partial charge < -0.3 is 19.3 Å². The number of fused-ring (bicyclic) bond motifs is 2. The lowest BCUT2D eigenvalue weighted by Crippen LogP contribution is -2.31. The number of nitrogens with zero attached hydrogens (tertiary/aromatic N) is 10. The maximum Gasteiger partial charge on any atom is 0.425 e. The highest BCUT2D eigenvalue weighted by Gasteiger charge is 2.44. The summed E-state index contributed by atoms with van der Waals surface area (Å²) >= 11 is 4.95. The van der Waals surface area contributed by atoms with Crippen molar-refractivity contribution in [2.24, 2.45) is 0 Å². The standard InChI is InChI=1S/C17H13F6N5O2.C14H8ClF6N5O.C3H6O.2CH4/c1-8(16(19,20)21)29-14-11(18)4-9(5-25-14)12-7-28-13(6-24-12)26-27-15(28)17(22,23)30-10-2-3-10;1-6(14(19,20)21)27-11-8(16)2-7(3-23-11)9-5-26-10(4-22-9)24-25-12(26)13(15,17)18;4-3-1-2-3;;/h4-8,10H,2-3H2,1H3;2-6H,1H3;3-4H,1-2H2;2*1H4/t8-;6-;;;/m11.../s1. The minimum atomic E-state index is -4.70. The molecular formula is C36H35ClF12N10O4. The molecule has 8 rings (SSSR count). The molecule has 14 nitrogen and oxygen atoms in total.